The van der Waals surface area contributed by atoms with E-state index in [0.29, 0.717) is 17.5 Å². The molecule has 0 fully saturated rings. The molecule has 10 nitrogen and oxygen atoms in total. The first kappa shape index (κ1) is 18.1. The molecule has 2 N–H and O–H groups in total. The van der Waals surface area contributed by atoms with Crippen molar-refractivity contribution >= 4 is 17.2 Å². The highest BCUT2D eigenvalue weighted by Crippen LogP contribution is 2.32. The van der Waals surface area contributed by atoms with Gasteiger partial charge in [-0.2, -0.15) is 10.2 Å². The van der Waals surface area contributed by atoms with Gasteiger partial charge in [0.1, 0.15) is 5.52 Å². The summed E-state index contributed by atoms with van der Waals surface area (Å²) in [6.07, 6.45) is 7.51. The van der Waals surface area contributed by atoms with Gasteiger partial charge in [0.15, 0.2) is 17.5 Å². The molecule has 0 saturated carbocycles. The summed E-state index contributed by atoms with van der Waals surface area (Å²) in [7, 11) is 3.83. The summed E-state index contributed by atoms with van der Waals surface area (Å²) in [5, 5.41) is 20.1. The van der Waals surface area contributed by atoms with Crippen molar-refractivity contribution in [3.05, 3.63) is 47.7 Å². The predicted octanol–water partition coefficient (Wildman–Crippen LogP) is 2.92. The van der Waals surface area contributed by atoms with Gasteiger partial charge in [0.2, 0.25) is 5.82 Å². The average Bonchev–Trinajstić information content (AvgIpc) is 3.47. The molecule has 0 atom stereocenters. The third-order valence-corrected chi connectivity index (χ3v) is 5.38. The van der Waals surface area contributed by atoms with Crippen LogP contribution in [0.5, 0.6) is 0 Å². The zero-order chi connectivity index (χ0) is 21.0. The lowest BCUT2D eigenvalue weighted by molar-refractivity contribution is 0.770. The maximum atomic E-state index is 4.82. The van der Waals surface area contributed by atoms with Crippen molar-refractivity contribution in [3.8, 4) is 22.9 Å². The summed E-state index contributed by atoms with van der Waals surface area (Å²) in [5.74, 6) is 2.60. The van der Waals surface area contributed by atoms with Crippen LogP contribution in [0.1, 0.15) is 16.8 Å². The number of hydrogen-bond acceptors (Lipinski definition) is 6. The van der Waals surface area contributed by atoms with Gasteiger partial charge in [0.05, 0.1) is 5.69 Å². The molecule has 5 aromatic heterocycles. The van der Waals surface area contributed by atoms with Crippen molar-refractivity contribution in [2.24, 2.45) is 14.1 Å². The Balaban J connectivity index is 1.75. The number of fused-ring (bicyclic) bond motifs is 1. The van der Waals surface area contributed by atoms with Crippen LogP contribution in [-0.4, -0.2) is 44.1 Å². The molecule has 5 rings (SSSR count). The highest BCUT2D eigenvalue weighted by atomic mass is 15.3. The second kappa shape index (κ2) is 6.55. The molecule has 0 radical (unpaired) electrons. The Hall–Kier alpha value is -3.95. The van der Waals surface area contributed by atoms with Gasteiger partial charge < -0.3 is 9.88 Å². The molecule has 5 aromatic rings. The van der Waals surface area contributed by atoms with Gasteiger partial charge in [-0.1, -0.05) is 0 Å². The first-order chi connectivity index (χ1) is 14.4. The molecule has 0 aliphatic rings. The third-order valence-electron chi connectivity index (χ3n) is 5.38. The molecule has 152 valence electrons. The van der Waals surface area contributed by atoms with Crippen LogP contribution in [0.25, 0.3) is 28.4 Å². The fraction of sp³-hybridized carbons (Fsp3) is 0.250. The van der Waals surface area contributed by atoms with Crippen molar-refractivity contribution in [3.63, 3.8) is 0 Å². The van der Waals surface area contributed by atoms with E-state index in [-0.39, 0.29) is 0 Å². The number of H-pyrrole nitrogens is 1. The summed E-state index contributed by atoms with van der Waals surface area (Å²) in [6, 6.07) is 1.99. The predicted molar refractivity (Wildman–Crippen MR) is 113 cm³/mol. The molecule has 0 aliphatic heterocycles. The first-order valence-electron chi connectivity index (χ1n) is 9.58. The summed E-state index contributed by atoms with van der Waals surface area (Å²) in [5.41, 5.74) is 5.84. The van der Waals surface area contributed by atoms with Crippen LogP contribution in [0.2, 0.25) is 0 Å². The maximum absolute atomic E-state index is 4.82. The fourth-order valence-electron chi connectivity index (χ4n) is 3.53. The number of aromatic nitrogens is 9. The van der Waals surface area contributed by atoms with Crippen LogP contribution in [0.15, 0.2) is 30.9 Å². The number of aromatic amines is 1. The number of nitrogens with one attached hydrogen (secondary N) is 2. The highest BCUT2D eigenvalue weighted by Gasteiger charge is 2.20. The van der Waals surface area contributed by atoms with Crippen LogP contribution in [0.3, 0.4) is 0 Å². The minimum atomic E-state index is 0.519. The van der Waals surface area contributed by atoms with Crippen LogP contribution >= 0.6 is 0 Å². The average molecular weight is 402 g/mol. The number of rotatable bonds is 4. The monoisotopic (exact) mass is 402 g/mol. The lowest BCUT2D eigenvalue weighted by Gasteiger charge is -2.09. The molecule has 0 saturated heterocycles. The Kier molecular flexibility index (Phi) is 3.95. The van der Waals surface area contributed by atoms with E-state index >= 15 is 0 Å². The summed E-state index contributed by atoms with van der Waals surface area (Å²) in [4.78, 5) is 9.23. The van der Waals surface area contributed by atoms with Gasteiger partial charge in [0.25, 0.3) is 0 Å². The van der Waals surface area contributed by atoms with E-state index in [0.717, 1.165) is 39.4 Å². The summed E-state index contributed by atoms with van der Waals surface area (Å²) in [6.45, 7) is 6.06. The molecule has 0 spiro atoms. The largest absolute Gasteiger partial charge is 0.331 e. The number of hydrogen-bond donors (Lipinski definition) is 2. The van der Waals surface area contributed by atoms with E-state index < -0.39 is 0 Å². The Labute approximate surface area is 172 Å². The van der Waals surface area contributed by atoms with Gasteiger partial charge in [-0.15, -0.1) is 5.10 Å². The Bertz CT molecular complexity index is 1380. The van der Waals surface area contributed by atoms with Gasteiger partial charge >= 0.3 is 0 Å². The topological polar surface area (TPSA) is 107 Å². The highest BCUT2D eigenvalue weighted by molar-refractivity contribution is 5.84. The van der Waals surface area contributed by atoms with Crippen molar-refractivity contribution in [1.82, 2.24) is 44.1 Å². The second-order valence-electron chi connectivity index (χ2n) is 7.43. The van der Waals surface area contributed by atoms with Gasteiger partial charge in [-0.05, 0) is 32.4 Å². The second-order valence-corrected chi connectivity index (χ2v) is 7.43. The SMILES string of the molecule is Cc1[nH]nc(Nc2nc(-c3nccn3C)nn3cc(-c4ccn(C)n4)c(C)c23)c1C. The van der Waals surface area contributed by atoms with Gasteiger partial charge in [-0.3, -0.25) is 9.78 Å². The van der Waals surface area contributed by atoms with E-state index in [9.17, 15) is 0 Å². The standard InChI is InChI=1S/C20H22N10/c1-11-13(3)24-25-17(11)22-18-16-12(2)14(15-6-8-29(5)26-15)10-30(16)27-19(23-18)20-21-7-9-28(20)4/h6-10H,1-5H3,(H2,22,23,24,25,27). The van der Waals surface area contributed by atoms with E-state index in [1.165, 1.54) is 0 Å². The smallest absolute Gasteiger partial charge is 0.218 e. The molecular weight excluding hydrogens is 380 g/mol. The molecular formula is C20H22N10. The third kappa shape index (κ3) is 2.76. The first-order valence-corrected chi connectivity index (χ1v) is 9.58. The number of aryl methyl sites for hydroxylation is 4. The maximum Gasteiger partial charge on any atom is 0.218 e. The fourth-order valence-corrected chi connectivity index (χ4v) is 3.53. The Morgan fingerprint density at radius 1 is 1.00 bits per heavy atom. The van der Waals surface area contributed by atoms with Gasteiger partial charge in [-0.25, -0.2) is 14.5 Å². The summed E-state index contributed by atoms with van der Waals surface area (Å²) < 4.78 is 5.52. The molecule has 0 unspecified atom stereocenters. The molecule has 0 aliphatic carbocycles. The van der Waals surface area contributed by atoms with Crippen LogP contribution < -0.4 is 5.32 Å². The Morgan fingerprint density at radius 2 is 1.83 bits per heavy atom. The number of imidazole rings is 1. The minimum Gasteiger partial charge on any atom is -0.331 e. The quantitative estimate of drug-likeness (QED) is 0.479. The van der Waals surface area contributed by atoms with Crippen LogP contribution in [0, 0.1) is 20.8 Å². The normalized spacial score (nSPS) is 11.5. The molecule has 30 heavy (non-hydrogen) atoms. The zero-order valence-electron chi connectivity index (χ0n) is 17.5. The van der Waals surface area contributed by atoms with E-state index in [1.54, 1.807) is 10.9 Å². The van der Waals surface area contributed by atoms with Crippen molar-refractivity contribution < 1.29 is 0 Å². The van der Waals surface area contributed by atoms with Gasteiger partial charge in [0, 0.05) is 55.7 Å². The molecule has 0 amide bonds. The lowest BCUT2D eigenvalue weighted by Crippen LogP contribution is -2.06. The van der Waals surface area contributed by atoms with Crippen molar-refractivity contribution in [1.29, 1.82) is 0 Å². The van der Waals surface area contributed by atoms with Crippen LogP contribution in [-0.2, 0) is 14.1 Å². The molecule has 5 heterocycles. The molecule has 0 bridgehead atoms. The molecule has 0 aromatic carbocycles. The van der Waals surface area contributed by atoms with Crippen LogP contribution in [0.4, 0.5) is 11.6 Å². The van der Waals surface area contributed by atoms with Crippen molar-refractivity contribution in [2.45, 2.75) is 20.8 Å². The van der Waals surface area contributed by atoms with Crippen molar-refractivity contribution in [2.75, 3.05) is 5.32 Å². The summed E-state index contributed by atoms with van der Waals surface area (Å²) >= 11 is 0. The number of nitrogens with zero attached hydrogens (tertiary/aromatic N) is 8. The Morgan fingerprint density at radius 3 is 2.47 bits per heavy atom. The van der Waals surface area contributed by atoms with E-state index in [2.05, 4.69) is 32.5 Å². The van der Waals surface area contributed by atoms with E-state index in [4.69, 9.17) is 10.1 Å². The zero-order valence-corrected chi connectivity index (χ0v) is 17.5. The minimum absolute atomic E-state index is 0.519. The lowest BCUT2D eigenvalue weighted by atomic mass is 10.1. The van der Waals surface area contributed by atoms with E-state index in [1.807, 2.05) is 61.7 Å². The number of anilines is 2. The molecule has 10 heteroatoms.